The molecule has 5 N–H and O–H groups in total. The fourth-order valence-electron chi connectivity index (χ4n) is 1.11. The van der Waals surface area contributed by atoms with Crippen LogP contribution in [0.3, 0.4) is 0 Å². The Hall–Kier alpha value is -0.600. The maximum absolute atomic E-state index is 11.7. The highest BCUT2D eigenvalue weighted by Crippen LogP contribution is 2.44. The van der Waals surface area contributed by atoms with Crippen molar-refractivity contribution < 1.29 is 33.5 Å². The number of carbonyl (C=O) groups is 1. The number of nitrogens with two attached hydrogens (primary N) is 1. The van der Waals surface area contributed by atoms with E-state index in [1.54, 1.807) is 6.08 Å². The lowest BCUT2D eigenvalue weighted by Crippen LogP contribution is -2.31. The van der Waals surface area contributed by atoms with Gasteiger partial charge in [-0.1, -0.05) is 19.4 Å². The number of phosphoric ester groups is 1. The van der Waals surface area contributed by atoms with Crippen LogP contribution >= 0.6 is 7.82 Å². The summed E-state index contributed by atoms with van der Waals surface area (Å²) in [4.78, 5) is 21.0. The first kappa shape index (κ1) is 19.4. The second-order valence-corrected chi connectivity index (χ2v) is 5.43. The molecule has 0 aliphatic rings. The van der Waals surface area contributed by atoms with Crippen LogP contribution in [0.1, 0.15) is 19.8 Å². The summed E-state index contributed by atoms with van der Waals surface area (Å²) in [6.07, 6.45) is 1.80. The molecule has 0 saturated heterocycles. The highest BCUT2D eigenvalue weighted by Gasteiger charge is 2.29. The normalized spacial score (nSPS) is 17.9. The van der Waals surface area contributed by atoms with Crippen LogP contribution < -0.4 is 5.73 Å². The molecule has 0 heterocycles. The predicted octanol–water partition coefficient (Wildman–Crippen LogP) is -0.274. The molecule has 0 aromatic carbocycles. The smallest absolute Gasteiger partial charge is 0.394 e. The summed E-state index contributed by atoms with van der Waals surface area (Å²) in [5, 5.41) is 17.5. The number of rotatable bonds is 11. The van der Waals surface area contributed by atoms with Crippen molar-refractivity contribution in [2.24, 2.45) is 5.73 Å². The molecule has 118 valence electrons. The minimum atomic E-state index is -4.53. The lowest BCUT2D eigenvalue weighted by atomic mass is 10.2. The number of aliphatic hydroxyl groups is 2. The Morgan fingerprint density at radius 2 is 2.15 bits per heavy atom. The minimum Gasteiger partial charge on any atom is -0.394 e. The number of allylic oxidation sites excluding steroid dienone is 1. The van der Waals surface area contributed by atoms with Crippen LogP contribution in [0.4, 0.5) is 0 Å². The minimum absolute atomic E-state index is 0.286. The Labute approximate surface area is 117 Å². The van der Waals surface area contributed by atoms with Gasteiger partial charge in [-0.2, -0.15) is 0 Å². The van der Waals surface area contributed by atoms with Gasteiger partial charge in [0.15, 0.2) is 5.78 Å². The van der Waals surface area contributed by atoms with Crippen LogP contribution in [0.15, 0.2) is 12.2 Å². The van der Waals surface area contributed by atoms with Gasteiger partial charge in [0.25, 0.3) is 0 Å². The van der Waals surface area contributed by atoms with Crippen molar-refractivity contribution in [1.82, 2.24) is 0 Å². The van der Waals surface area contributed by atoms with Crippen LogP contribution in [0.2, 0.25) is 0 Å². The molecule has 0 aliphatic carbocycles. The highest BCUT2D eigenvalue weighted by atomic mass is 31.2. The number of unbranched alkanes of at least 4 members (excludes halogenated alkanes) is 1. The lowest BCUT2D eigenvalue weighted by Gasteiger charge is -2.18. The molecule has 0 amide bonds. The largest absolute Gasteiger partial charge is 0.473 e. The van der Waals surface area contributed by atoms with Gasteiger partial charge in [-0.05, 0) is 12.5 Å². The Morgan fingerprint density at radius 3 is 2.65 bits per heavy atom. The van der Waals surface area contributed by atoms with Gasteiger partial charge in [0.2, 0.25) is 0 Å². The molecule has 0 aromatic rings. The Kier molecular flexibility index (Phi) is 9.87. The van der Waals surface area contributed by atoms with E-state index in [1.165, 1.54) is 6.08 Å². The van der Waals surface area contributed by atoms with Crippen LogP contribution in [0, 0.1) is 0 Å². The summed E-state index contributed by atoms with van der Waals surface area (Å²) in [6, 6.07) is 0. The number of hydrogen-bond donors (Lipinski definition) is 4. The molecule has 0 spiro atoms. The third-order valence-electron chi connectivity index (χ3n) is 2.17. The van der Waals surface area contributed by atoms with Crippen molar-refractivity contribution in [3.63, 3.8) is 0 Å². The van der Waals surface area contributed by atoms with E-state index in [1.807, 2.05) is 6.92 Å². The standard InChI is InChI=1S/C11H22NO7P/c1-2-3-4-5-10(15)11(6-12)19-20(16,17)18-8-9(14)7-13/h4-5,9,11,13-14H,2-3,6-8,12H2,1H3,(H,16,17)/t9-,11?/m1/s1. The van der Waals surface area contributed by atoms with Gasteiger partial charge >= 0.3 is 7.82 Å². The molecule has 0 aliphatic heterocycles. The van der Waals surface area contributed by atoms with E-state index in [2.05, 4.69) is 9.05 Å². The third-order valence-corrected chi connectivity index (χ3v) is 3.17. The fourth-order valence-corrected chi connectivity index (χ4v) is 2.04. The van der Waals surface area contributed by atoms with E-state index in [-0.39, 0.29) is 6.54 Å². The van der Waals surface area contributed by atoms with Crippen molar-refractivity contribution in [3.05, 3.63) is 12.2 Å². The molecule has 0 bridgehead atoms. The zero-order valence-electron chi connectivity index (χ0n) is 11.3. The zero-order chi connectivity index (χ0) is 15.6. The number of ketones is 1. The van der Waals surface area contributed by atoms with E-state index < -0.39 is 39.0 Å². The Bertz CT molecular complexity index is 361. The van der Waals surface area contributed by atoms with Gasteiger partial charge in [0, 0.05) is 6.54 Å². The number of hydrogen-bond acceptors (Lipinski definition) is 7. The second-order valence-electron chi connectivity index (χ2n) is 4.02. The molecule has 0 saturated carbocycles. The molecular weight excluding hydrogens is 289 g/mol. The maximum Gasteiger partial charge on any atom is 0.473 e. The predicted molar refractivity (Wildman–Crippen MR) is 71.9 cm³/mol. The highest BCUT2D eigenvalue weighted by molar-refractivity contribution is 7.47. The molecule has 0 aromatic heterocycles. The second kappa shape index (κ2) is 10.2. The molecule has 0 rings (SSSR count). The lowest BCUT2D eigenvalue weighted by molar-refractivity contribution is -0.121. The summed E-state index contributed by atoms with van der Waals surface area (Å²) < 4.78 is 20.6. The summed E-state index contributed by atoms with van der Waals surface area (Å²) in [5.74, 6) is -0.540. The van der Waals surface area contributed by atoms with Gasteiger partial charge in [0.05, 0.1) is 13.2 Å². The third kappa shape index (κ3) is 8.55. The summed E-state index contributed by atoms with van der Waals surface area (Å²) >= 11 is 0. The first-order valence-electron chi connectivity index (χ1n) is 6.21. The van der Waals surface area contributed by atoms with E-state index in [4.69, 9.17) is 15.9 Å². The van der Waals surface area contributed by atoms with Gasteiger partial charge in [-0.25, -0.2) is 4.57 Å². The molecule has 2 unspecified atom stereocenters. The molecule has 9 heteroatoms. The average Bonchev–Trinajstić information content (AvgIpc) is 2.42. The van der Waals surface area contributed by atoms with E-state index in [0.29, 0.717) is 6.42 Å². The molecule has 0 radical (unpaired) electrons. The number of aliphatic hydroxyl groups excluding tert-OH is 2. The van der Waals surface area contributed by atoms with Crippen LogP contribution in [0.5, 0.6) is 0 Å². The Morgan fingerprint density at radius 1 is 1.50 bits per heavy atom. The number of carbonyl (C=O) groups excluding carboxylic acids is 1. The van der Waals surface area contributed by atoms with Crippen LogP contribution in [-0.2, 0) is 18.4 Å². The first-order valence-corrected chi connectivity index (χ1v) is 7.71. The van der Waals surface area contributed by atoms with Gasteiger partial charge in [0.1, 0.15) is 12.2 Å². The topological polar surface area (TPSA) is 139 Å². The molecular formula is C11H22NO7P. The fraction of sp³-hybridized carbons (Fsp3) is 0.727. The van der Waals surface area contributed by atoms with Gasteiger partial charge in [-0.3, -0.25) is 13.8 Å². The average molecular weight is 311 g/mol. The number of phosphoric acid groups is 1. The Balaban J connectivity index is 4.45. The molecule has 0 fully saturated rings. The molecule has 20 heavy (non-hydrogen) atoms. The van der Waals surface area contributed by atoms with Crippen molar-refractivity contribution in [2.75, 3.05) is 19.8 Å². The van der Waals surface area contributed by atoms with Gasteiger partial charge in [-0.15, -0.1) is 0 Å². The van der Waals surface area contributed by atoms with Crippen molar-refractivity contribution in [2.45, 2.75) is 32.0 Å². The monoisotopic (exact) mass is 311 g/mol. The van der Waals surface area contributed by atoms with Crippen molar-refractivity contribution in [1.29, 1.82) is 0 Å². The molecule has 8 nitrogen and oxygen atoms in total. The van der Waals surface area contributed by atoms with Crippen molar-refractivity contribution in [3.8, 4) is 0 Å². The van der Waals surface area contributed by atoms with E-state index in [0.717, 1.165) is 6.42 Å². The summed E-state index contributed by atoms with van der Waals surface area (Å²) in [7, 11) is -4.53. The van der Waals surface area contributed by atoms with E-state index >= 15 is 0 Å². The summed E-state index contributed by atoms with van der Waals surface area (Å²) in [6.45, 7) is 0.431. The first-order chi connectivity index (χ1) is 9.36. The van der Waals surface area contributed by atoms with Crippen LogP contribution in [0.25, 0.3) is 0 Å². The van der Waals surface area contributed by atoms with Crippen molar-refractivity contribution >= 4 is 13.6 Å². The van der Waals surface area contributed by atoms with E-state index in [9.17, 15) is 14.3 Å². The quantitative estimate of drug-likeness (QED) is 0.302. The molecule has 3 atom stereocenters. The maximum atomic E-state index is 11.7. The summed E-state index contributed by atoms with van der Waals surface area (Å²) in [5.41, 5.74) is 5.31. The van der Waals surface area contributed by atoms with Crippen LogP contribution in [-0.4, -0.2) is 52.9 Å². The zero-order valence-corrected chi connectivity index (χ0v) is 12.2. The van der Waals surface area contributed by atoms with Gasteiger partial charge < -0.3 is 20.8 Å². The SMILES string of the molecule is CCCC=CC(=O)C(CN)OP(=O)(O)OC[C@H](O)CO.